The molecule has 0 aromatic rings. The summed E-state index contributed by atoms with van der Waals surface area (Å²) in [5.41, 5.74) is 6.04. The highest BCUT2D eigenvalue weighted by Crippen LogP contribution is 2.25. The van der Waals surface area contributed by atoms with Gasteiger partial charge in [-0.15, -0.1) is 0 Å². The molecule has 0 radical (unpaired) electrons. The van der Waals surface area contributed by atoms with E-state index in [-0.39, 0.29) is 11.5 Å². The molecule has 1 aliphatic heterocycles. The van der Waals surface area contributed by atoms with Gasteiger partial charge < -0.3 is 15.8 Å². The van der Waals surface area contributed by atoms with E-state index in [9.17, 15) is 0 Å². The van der Waals surface area contributed by atoms with Crippen LogP contribution >= 0.6 is 0 Å². The molecular weight excluding hydrogens is 140 g/mol. The van der Waals surface area contributed by atoms with E-state index in [4.69, 9.17) is 10.5 Å². The van der Waals surface area contributed by atoms with Crippen LogP contribution in [-0.4, -0.2) is 32.3 Å². The number of nitrogens with two attached hydrogens (primary N) is 1. The zero-order valence-corrected chi connectivity index (χ0v) is 7.39. The van der Waals surface area contributed by atoms with Crippen molar-refractivity contribution in [3.63, 3.8) is 0 Å². The normalized spacial score (nSPS) is 37.9. The lowest BCUT2D eigenvalue weighted by Gasteiger charge is -2.26. The molecule has 0 aliphatic carbocycles. The van der Waals surface area contributed by atoms with Crippen LogP contribution in [0.5, 0.6) is 0 Å². The Labute approximate surface area is 68.3 Å². The Balaban J connectivity index is 2.38. The molecule has 1 aliphatic rings. The fourth-order valence-corrected chi connectivity index (χ4v) is 1.32. The molecule has 1 heterocycles. The molecule has 1 saturated heterocycles. The lowest BCUT2D eigenvalue weighted by atomic mass is 9.86. The van der Waals surface area contributed by atoms with E-state index < -0.39 is 0 Å². The van der Waals surface area contributed by atoms with Crippen LogP contribution < -0.4 is 11.1 Å². The molecule has 0 amide bonds. The first kappa shape index (κ1) is 8.97. The van der Waals surface area contributed by atoms with Gasteiger partial charge in [-0.05, 0) is 6.54 Å². The number of nitrogens with one attached hydrogen (secondary N) is 1. The monoisotopic (exact) mass is 158 g/mol. The number of hydrogen-bond acceptors (Lipinski definition) is 3. The van der Waals surface area contributed by atoms with Gasteiger partial charge in [0, 0.05) is 18.0 Å². The highest BCUT2D eigenvalue weighted by atomic mass is 16.5. The van der Waals surface area contributed by atoms with Crippen molar-refractivity contribution in [2.75, 3.05) is 26.3 Å². The lowest BCUT2D eigenvalue weighted by molar-refractivity contribution is 0.158. The average Bonchev–Trinajstić information content (AvgIpc) is 2.30. The quantitative estimate of drug-likeness (QED) is 0.606. The number of rotatable bonds is 3. The van der Waals surface area contributed by atoms with Gasteiger partial charge in [-0.3, -0.25) is 0 Å². The van der Waals surface area contributed by atoms with E-state index >= 15 is 0 Å². The lowest BCUT2D eigenvalue weighted by Crippen LogP contribution is -2.45. The maximum atomic E-state index is 5.89. The van der Waals surface area contributed by atoms with Gasteiger partial charge >= 0.3 is 0 Å². The number of ether oxygens (including phenoxy) is 1. The predicted molar refractivity (Wildman–Crippen MR) is 45.4 cm³/mol. The molecule has 11 heavy (non-hydrogen) atoms. The minimum Gasteiger partial charge on any atom is -0.379 e. The smallest absolute Gasteiger partial charge is 0.0624 e. The summed E-state index contributed by atoms with van der Waals surface area (Å²) in [4.78, 5) is 0. The van der Waals surface area contributed by atoms with Gasteiger partial charge in [0.1, 0.15) is 0 Å². The third-order valence-corrected chi connectivity index (χ3v) is 2.40. The summed E-state index contributed by atoms with van der Waals surface area (Å²) >= 11 is 0. The first-order valence-corrected chi connectivity index (χ1v) is 4.23. The van der Waals surface area contributed by atoms with E-state index in [0.29, 0.717) is 6.61 Å². The highest BCUT2D eigenvalue weighted by molar-refractivity contribution is 4.91. The molecule has 0 bridgehead atoms. The number of hydrogen-bond donors (Lipinski definition) is 2. The second-order valence-corrected chi connectivity index (χ2v) is 3.56. The van der Waals surface area contributed by atoms with Crippen LogP contribution in [0.1, 0.15) is 13.8 Å². The van der Waals surface area contributed by atoms with Crippen LogP contribution in [0.4, 0.5) is 0 Å². The summed E-state index contributed by atoms with van der Waals surface area (Å²) in [6, 6.07) is 0.196. The highest BCUT2D eigenvalue weighted by Gasteiger charge is 2.36. The molecular formula is C8H18N2O. The topological polar surface area (TPSA) is 47.3 Å². The zero-order valence-electron chi connectivity index (χ0n) is 7.39. The fraction of sp³-hybridized carbons (Fsp3) is 1.00. The third-order valence-electron chi connectivity index (χ3n) is 2.40. The SMILES string of the molecule is CCNCC1(C)COCC1N. The van der Waals surface area contributed by atoms with Crippen LogP contribution in [0.2, 0.25) is 0 Å². The molecule has 2 unspecified atom stereocenters. The summed E-state index contributed by atoms with van der Waals surface area (Å²) in [7, 11) is 0. The molecule has 1 rings (SSSR count). The molecule has 0 aromatic heterocycles. The van der Waals surface area contributed by atoms with E-state index in [1.165, 1.54) is 0 Å². The molecule has 0 saturated carbocycles. The summed E-state index contributed by atoms with van der Waals surface area (Å²) in [6.07, 6.45) is 0. The molecule has 0 spiro atoms. The van der Waals surface area contributed by atoms with E-state index in [1.807, 2.05) is 0 Å². The van der Waals surface area contributed by atoms with Crippen molar-refractivity contribution in [2.24, 2.45) is 11.1 Å². The van der Waals surface area contributed by atoms with Crippen molar-refractivity contribution in [1.29, 1.82) is 0 Å². The fourth-order valence-electron chi connectivity index (χ4n) is 1.32. The Kier molecular flexibility index (Phi) is 2.87. The molecule has 0 aromatic carbocycles. The first-order valence-electron chi connectivity index (χ1n) is 4.23. The van der Waals surface area contributed by atoms with Crippen molar-refractivity contribution in [3.8, 4) is 0 Å². The van der Waals surface area contributed by atoms with Crippen molar-refractivity contribution in [2.45, 2.75) is 19.9 Å². The maximum absolute atomic E-state index is 5.89. The van der Waals surface area contributed by atoms with E-state index in [0.717, 1.165) is 19.7 Å². The van der Waals surface area contributed by atoms with Gasteiger partial charge in [0.15, 0.2) is 0 Å². The zero-order chi connectivity index (χ0) is 8.32. The van der Waals surface area contributed by atoms with Crippen LogP contribution in [0.15, 0.2) is 0 Å². The van der Waals surface area contributed by atoms with Gasteiger partial charge in [-0.1, -0.05) is 13.8 Å². The summed E-state index contributed by atoms with van der Waals surface area (Å²) < 4.78 is 5.30. The molecule has 66 valence electrons. The molecule has 3 heteroatoms. The Morgan fingerprint density at radius 3 is 2.91 bits per heavy atom. The minimum atomic E-state index is 0.149. The van der Waals surface area contributed by atoms with Crippen molar-refractivity contribution < 1.29 is 4.74 Å². The van der Waals surface area contributed by atoms with Crippen LogP contribution in [-0.2, 0) is 4.74 Å². The second kappa shape index (κ2) is 3.52. The summed E-state index contributed by atoms with van der Waals surface area (Å²) in [5.74, 6) is 0. The standard InChI is InChI=1S/C8H18N2O/c1-3-10-5-8(2)6-11-4-7(8)9/h7,10H,3-6,9H2,1-2H3. The minimum absolute atomic E-state index is 0.149. The van der Waals surface area contributed by atoms with Crippen molar-refractivity contribution in [1.82, 2.24) is 5.32 Å². The van der Waals surface area contributed by atoms with Crippen LogP contribution in [0, 0.1) is 5.41 Å². The van der Waals surface area contributed by atoms with Crippen molar-refractivity contribution >= 4 is 0 Å². The van der Waals surface area contributed by atoms with Gasteiger partial charge in [-0.25, -0.2) is 0 Å². The van der Waals surface area contributed by atoms with Gasteiger partial charge in [0.05, 0.1) is 13.2 Å². The average molecular weight is 158 g/mol. The maximum Gasteiger partial charge on any atom is 0.0624 e. The van der Waals surface area contributed by atoms with Gasteiger partial charge in [0.25, 0.3) is 0 Å². The van der Waals surface area contributed by atoms with Crippen LogP contribution in [0.25, 0.3) is 0 Å². The molecule has 2 atom stereocenters. The summed E-state index contributed by atoms with van der Waals surface area (Å²) in [5, 5.41) is 3.30. The Morgan fingerprint density at radius 2 is 2.45 bits per heavy atom. The molecule has 3 nitrogen and oxygen atoms in total. The van der Waals surface area contributed by atoms with Crippen molar-refractivity contribution in [3.05, 3.63) is 0 Å². The van der Waals surface area contributed by atoms with E-state index in [2.05, 4.69) is 19.2 Å². The van der Waals surface area contributed by atoms with E-state index in [1.54, 1.807) is 0 Å². The van der Waals surface area contributed by atoms with Crippen LogP contribution in [0.3, 0.4) is 0 Å². The second-order valence-electron chi connectivity index (χ2n) is 3.56. The largest absolute Gasteiger partial charge is 0.379 e. The summed E-state index contributed by atoms with van der Waals surface area (Å²) in [6.45, 7) is 7.74. The Bertz CT molecular complexity index is 129. The molecule has 3 N–H and O–H groups in total. The third kappa shape index (κ3) is 1.92. The molecule has 1 fully saturated rings. The Morgan fingerprint density at radius 1 is 1.73 bits per heavy atom. The van der Waals surface area contributed by atoms with Gasteiger partial charge in [-0.2, -0.15) is 0 Å². The predicted octanol–water partition coefficient (Wildman–Crippen LogP) is -0.0403. The van der Waals surface area contributed by atoms with Gasteiger partial charge in [0.2, 0.25) is 0 Å². The first-order chi connectivity index (χ1) is 5.19. The Hall–Kier alpha value is -0.120.